The molecular weight excluding hydrogens is 236 g/mol. The predicted molar refractivity (Wildman–Crippen MR) is 68.1 cm³/mol. The second-order valence-corrected chi connectivity index (χ2v) is 3.98. The number of amides is 1. The zero-order valence-electron chi connectivity index (χ0n) is 11.3. The number of hydrogen-bond acceptors (Lipinski definition) is 5. The van der Waals surface area contributed by atoms with E-state index in [1.54, 1.807) is 0 Å². The smallest absolute Gasteiger partial charge is 0.305 e. The molecule has 106 valence electrons. The molecule has 0 bridgehead atoms. The number of carbonyl (C=O) groups is 2. The molecule has 0 atom stereocenters. The van der Waals surface area contributed by atoms with E-state index in [9.17, 15) is 9.59 Å². The molecule has 18 heavy (non-hydrogen) atoms. The third kappa shape index (κ3) is 8.95. The van der Waals surface area contributed by atoms with Crippen LogP contribution in [0.3, 0.4) is 0 Å². The van der Waals surface area contributed by atoms with Crippen LogP contribution >= 0.6 is 0 Å². The first kappa shape index (κ1) is 16.9. The van der Waals surface area contributed by atoms with Crippen molar-refractivity contribution >= 4 is 11.9 Å². The molecule has 0 rings (SSSR count). The Balaban J connectivity index is 3.65. The minimum absolute atomic E-state index is 0.0559. The van der Waals surface area contributed by atoms with E-state index in [2.05, 4.69) is 10.1 Å². The highest BCUT2D eigenvalue weighted by molar-refractivity contribution is 5.78. The van der Waals surface area contributed by atoms with Crippen molar-refractivity contribution in [1.82, 2.24) is 10.2 Å². The number of hydrogen-bond donors (Lipinski definition) is 2. The number of likely N-dealkylation sites (N-methyl/N-ethyl adjacent to an activating group) is 1. The average Bonchev–Trinajstić information content (AvgIpc) is 2.39. The summed E-state index contributed by atoms with van der Waals surface area (Å²) >= 11 is 0. The summed E-state index contributed by atoms with van der Waals surface area (Å²) in [4.78, 5) is 24.4. The first-order valence-electron chi connectivity index (χ1n) is 6.30. The summed E-state index contributed by atoms with van der Waals surface area (Å²) < 4.78 is 4.50. The fourth-order valence-electron chi connectivity index (χ4n) is 1.46. The molecule has 6 heteroatoms. The van der Waals surface area contributed by atoms with Crippen molar-refractivity contribution in [1.29, 1.82) is 0 Å². The Morgan fingerprint density at radius 1 is 1.33 bits per heavy atom. The van der Waals surface area contributed by atoms with E-state index in [0.717, 1.165) is 6.54 Å². The minimum Gasteiger partial charge on any atom is -0.469 e. The minimum atomic E-state index is -0.262. The van der Waals surface area contributed by atoms with Gasteiger partial charge in [-0.25, -0.2) is 0 Å². The van der Waals surface area contributed by atoms with Crippen LogP contribution in [0.4, 0.5) is 0 Å². The molecule has 0 aliphatic rings. The van der Waals surface area contributed by atoms with Crippen molar-refractivity contribution in [2.75, 3.05) is 39.9 Å². The van der Waals surface area contributed by atoms with E-state index < -0.39 is 0 Å². The number of ether oxygens (including phenoxy) is 1. The highest BCUT2D eigenvalue weighted by atomic mass is 16.5. The summed E-state index contributed by atoms with van der Waals surface area (Å²) in [6.45, 7) is 4.40. The maximum atomic E-state index is 11.6. The lowest BCUT2D eigenvalue weighted by Crippen LogP contribution is -2.38. The standard InChI is InChI=1S/C12H24N2O4/c1-3-14(8-5-9-15)10-11(16)13-7-4-6-12(17)18-2/h15H,3-10H2,1-2H3,(H,13,16). The molecule has 0 spiro atoms. The monoisotopic (exact) mass is 260 g/mol. The summed E-state index contributed by atoms with van der Waals surface area (Å²) in [6, 6.07) is 0. The molecule has 0 saturated carbocycles. The quantitative estimate of drug-likeness (QED) is 0.419. The van der Waals surface area contributed by atoms with Gasteiger partial charge in [-0.2, -0.15) is 0 Å². The molecule has 0 saturated heterocycles. The van der Waals surface area contributed by atoms with Gasteiger partial charge in [-0.1, -0.05) is 6.92 Å². The molecule has 0 fully saturated rings. The number of aliphatic hydroxyl groups is 1. The SMILES string of the molecule is CCN(CCCO)CC(=O)NCCCC(=O)OC. The Bertz CT molecular complexity index is 246. The van der Waals surface area contributed by atoms with Gasteiger partial charge in [0.15, 0.2) is 0 Å². The molecule has 0 aromatic carbocycles. The topological polar surface area (TPSA) is 78.9 Å². The number of methoxy groups -OCH3 is 1. The molecule has 0 aromatic heterocycles. The fourth-order valence-corrected chi connectivity index (χ4v) is 1.46. The molecular formula is C12H24N2O4. The third-order valence-corrected chi connectivity index (χ3v) is 2.55. The number of esters is 1. The van der Waals surface area contributed by atoms with E-state index in [0.29, 0.717) is 38.9 Å². The molecule has 0 aromatic rings. The average molecular weight is 260 g/mol. The predicted octanol–water partition coefficient (Wildman–Crippen LogP) is -0.240. The summed E-state index contributed by atoms with van der Waals surface area (Å²) in [6.07, 6.45) is 1.57. The molecule has 0 unspecified atom stereocenters. The molecule has 0 heterocycles. The Labute approximate surface area is 108 Å². The van der Waals surface area contributed by atoms with Gasteiger partial charge in [-0.3, -0.25) is 14.5 Å². The number of carbonyl (C=O) groups excluding carboxylic acids is 2. The normalized spacial score (nSPS) is 10.4. The number of rotatable bonds is 10. The van der Waals surface area contributed by atoms with Crippen molar-refractivity contribution in [2.24, 2.45) is 0 Å². The van der Waals surface area contributed by atoms with Crippen molar-refractivity contribution in [2.45, 2.75) is 26.2 Å². The summed E-state index contributed by atoms with van der Waals surface area (Å²) in [7, 11) is 1.35. The van der Waals surface area contributed by atoms with Gasteiger partial charge in [-0.15, -0.1) is 0 Å². The third-order valence-electron chi connectivity index (χ3n) is 2.55. The molecule has 0 aliphatic carbocycles. The Morgan fingerprint density at radius 3 is 2.61 bits per heavy atom. The fraction of sp³-hybridized carbons (Fsp3) is 0.833. The highest BCUT2D eigenvalue weighted by Crippen LogP contribution is 1.92. The largest absolute Gasteiger partial charge is 0.469 e. The highest BCUT2D eigenvalue weighted by Gasteiger charge is 2.08. The number of nitrogens with one attached hydrogen (secondary N) is 1. The first-order valence-corrected chi connectivity index (χ1v) is 6.30. The first-order chi connectivity index (χ1) is 8.63. The lowest BCUT2D eigenvalue weighted by Gasteiger charge is -2.19. The second-order valence-electron chi connectivity index (χ2n) is 3.98. The zero-order valence-corrected chi connectivity index (χ0v) is 11.3. The van der Waals surface area contributed by atoms with Crippen LogP contribution in [0, 0.1) is 0 Å². The number of nitrogens with zero attached hydrogens (tertiary/aromatic N) is 1. The van der Waals surface area contributed by atoms with Gasteiger partial charge < -0.3 is 15.2 Å². The van der Waals surface area contributed by atoms with Crippen LogP contribution < -0.4 is 5.32 Å². The van der Waals surface area contributed by atoms with Gasteiger partial charge in [-0.05, 0) is 19.4 Å². The van der Waals surface area contributed by atoms with Crippen LogP contribution in [0.25, 0.3) is 0 Å². The van der Waals surface area contributed by atoms with Gasteiger partial charge >= 0.3 is 5.97 Å². The van der Waals surface area contributed by atoms with E-state index in [-0.39, 0.29) is 18.5 Å². The maximum absolute atomic E-state index is 11.6. The number of aliphatic hydroxyl groups excluding tert-OH is 1. The van der Waals surface area contributed by atoms with Crippen LogP contribution in [-0.4, -0.2) is 61.8 Å². The van der Waals surface area contributed by atoms with E-state index in [1.807, 2.05) is 11.8 Å². The van der Waals surface area contributed by atoms with Crippen molar-refractivity contribution in [3.8, 4) is 0 Å². The van der Waals surface area contributed by atoms with Gasteiger partial charge in [0, 0.05) is 26.1 Å². The second kappa shape index (κ2) is 11.0. The maximum Gasteiger partial charge on any atom is 0.305 e. The van der Waals surface area contributed by atoms with Crippen LogP contribution in [0.1, 0.15) is 26.2 Å². The zero-order chi connectivity index (χ0) is 13.8. The van der Waals surface area contributed by atoms with Crippen molar-refractivity contribution < 1.29 is 19.4 Å². The summed E-state index contributed by atoms with van der Waals surface area (Å²) in [5.74, 6) is -0.318. The van der Waals surface area contributed by atoms with Gasteiger partial charge in [0.1, 0.15) is 0 Å². The molecule has 0 radical (unpaired) electrons. The molecule has 0 aliphatic heterocycles. The molecule has 6 nitrogen and oxygen atoms in total. The lowest BCUT2D eigenvalue weighted by molar-refractivity contribution is -0.140. The van der Waals surface area contributed by atoms with Crippen LogP contribution in [0.5, 0.6) is 0 Å². The van der Waals surface area contributed by atoms with E-state index >= 15 is 0 Å². The molecule has 2 N–H and O–H groups in total. The summed E-state index contributed by atoms with van der Waals surface area (Å²) in [5, 5.41) is 11.5. The Hall–Kier alpha value is -1.14. The Morgan fingerprint density at radius 2 is 2.06 bits per heavy atom. The van der Waals surface area contributed by atoms with Crippen LogP contribution in [-0.2, 0) is 14.3 Å². The summed E-state index contributed by atoms with van der Waals surface area (Å²) in [5.41, 5.74) is 0. The van der Waals surface area contributed by atoms with Gasteiger partial charge in [0.25, 0.3) is 0 Å². The van der Waals surface area contributed by atoms with E-state index in [1.165, 1.54) is 7.11 Å². The van der Waals surface area contributed by atoms with Crippen LogP contribution in [0.2, 0.25) is 0 Å². The van der Waals surface area contributed by atoms with Crippen LogP contribution in [0.15, 0.2) is 0 Å². The van der Waals surface area contributed by atoms with Gasteiger partial charge in [0.05, 0.1) is 13.7 Å². The molecule has 1 amide bonds. The Kier molecular flexibility index (Phi) is 10.3. The van der Waals surface area contributed by atoms with Crippen molar-refractivity contribution in [3.63, 3.8) is 0 Å². The van der Waals surface area contributed by atoms with Crippen molar-refractivity contribution in [3.05, 3.63) is 0 Å². The van der Waals surface area contributed by atoms with Gasteiger partial charge in [0.2, 0.25) is 5.91 Å². The lowest BCUT2D eigenvalue weighted by atomic mass is 10.3. The van der Waals surface area contributed by atoms with E-state index in [4.69, 9.17) is 5.11 Å².